The lowest BCUT2D eigenvalue weighted by Crippen LogP contribution is -2.35. The maximum absolute atomic E-state index is 11.8. The monoisotopic (exact) mass is 282 g/mol. The van der Waals surface area contributed by atoms with Crippen LogP contribution in [0.2, 0.25) is 0 Å². The summed E-state index contributed by atoms with van der Waals surface area (Å²) in [6.45, 7) is 4.98. The Hall–Kier alpha value is -2.42. The Balaban J connectivity index is 2.79. The van der Waals surface area contributed by atoms with E-state index in [1.54, 1.807) is 4.90 Å². The fraction of sp³-hybridized carbons (Fsp3) is 0.455. The number of hydrazine groups is 1. The molecule has 0 aromatic carbocycles. The molecule has 20 heavy (non-hydrogen) atoms. The van der Waals surface area contributed by atoms with Gasteiger partial charge in [0.2, 0.25) is 5.91 Å². The molecule has 110 valence electrons. The molecule has 9 heteroatoms. The van der Waals surface area contributed by atoms with Gasteiger partial charge in [-0.25, -0.2) is 10.8 Å². The Morgan fingerprint density at radius 3 is 2.50 bits per heavy atom. The number of hydrogen-bond donors (Lipinski definition) is 3. The standard InChI is InChI=1S/C11H18N6O3/c1-3-16(4-2)11(18)7-13-9-5-8(17(19)20)6-10(14-9)15-12/h5-6H,3-4,7,12H2,1-2H3,(H2,13,14,15). The van der Waals surface area contributed by atoms with Crippen LogP contribution >= 0.6 is 0 Å². The van der Waals surface area contributed by atoms with Crippen molar-refractivity contribution in [3.05, 3.63) is 22.2 Å². The number of carbonyl (C=O) groups is 1. The van der Waals surface area contributed by atoms with Crippen molar-refractivity contribution in [2.75, 3.05) is 30.4 Å². The molecule has 0 atom stereocenters. The highest BCUT2D eigenvalue weighted by Gasteiger charge is 2.13. The quantitative estimate of drug-likeness (QED) is 0.379. The molecule has 9 nitrogen and oxygen atoms in total. The molecule has 0 radical (unpaired) electrons. The van der Waals surface area contributed by atoms with Crippen molar-refractivity contribution in [2.24, 2.45) is 5.84 Å². The average molecular weight is 282 g/mol. The number of anilines is 2. The van der Waals surface area contributed by atoms with Gasteiger partial charge in [0.1, 0.15) is 11.6 Å². The third-order valence-corrected chi connectivity index (χ3v) is 2.71. The smallest absolute Gasteiger partial charge is 0.276 e. The molecule has 1 aromatic heterocycles. The van der Waals surface area contributed by atoms with E-state index in [9.17, 15) is 14.9 Å². The summed E-state index contributed by atoms with van der Waals surface area (Å²) in [5.74, 6) is 5.46. The van der Waals surface area contributed by atoms with Crippen LogP contribution in [0, 0.1) is 10.1 Å². The minimum absolute atomic E-state index is 0.0137. The lowest BCUT2D eigenvalue weighted by Gasteiger charge is -2.18. The lowest BCUT2D eigenvalue weighted by molar-refractivity contribution is -0.384. The van der Waals surface area contributed by atoms with Gasteiger partial charge in [-0.2, -0.15) is 0 Å². The van der Waals surface area contributed by atoms with Gasteiger partial charge in [-0.1, -0.05) is 0 Å². The maximum Gasteiger partial charge on any atom is 0.276 e. The van der Waals surface area contributed by atoms with E-state index < -0.39 is 4.92 Å². The SMILES string of the molecule is CCN(CC)C(=O)CNc1cc([N+](=O)[O-])cc(NN)n1. The first-order valence-corrected chi connectivity index (χ1v) is 6.16. The van der Waals surface area contributed by atoms with Gasteiger partial charge < -0.3 is 15.6 Å². The van der Waals surface area contributed by atoms with E-state index >= 15 is 0 Å². The second-order valence-electron chi connectivity index (χ2n) is 3.92. The molecule has 0 aliphatic rings. The molecule has 4 N–H and O–H groups in total. The zero-order valence-corrected chi connectivity index (χ0v) is 11.4. The number of carbonyl (C=O) groups excluding carboxylic acids is 1. The van der Waals surface area contributed by atoms with E-state index in [1.807, 2.05) is 13.8 Å². The van der Waals surface area contributed by atoms with Crippen molar-refractivity contribution >= 4 is 23.2 Å². The molecule has 0 saturated heterocycles. The molecule has 0 aliphatic carbocycles. The summed E-state index contributed by atoms with van der Waals surface area (Å²) in [5, 5.41) is 13.5. The number of nitro groups is 1. The molecule has 1 amide bonds. The fourth-order valence-electron chi connectivity index (χ4n) is 1.64. The molecule has 1 heterocycles. The van der Waals surface area contributed by atoms with Crippen molar-refractivity contribution in [3.8, 4) is 0 Å². The first kappa shape index (κ1) is 15.6. The second-order valence-corrected chi connectivity index (χ2v) is 3.92. The first-order valence-electron chi connectivity index (χ1n) is 6.16. The molecule has 0 fully saturated rings. The van der Waals surface area contributed by atoms with Gasteiger partial charge in [0.15, 0.2) is 0 Å². The molecular formula is C11H18N6O3. The highest BCUT2D eigenvalue weighted by molar-refractivity contribution is 5.80. The van der Waals surface area contributed by atoms with Gasteiger partial charge in [0.05, 0.1) is 23.6 Å². The van der Waals surface area contributed by atoms with Crippen LogP contribution in [0.25, 0.3) is 0 Å². The van der Waals surface area contributed by atoms with Gasteiger partial charge in [0.25, 0.3) is 5.69 Å². The number of rotatable bonds is 7. The van der Waals surface area contributed by atoms with Crippen LogP contribution < -0.4 is 16.6 Å². The van der Waals surface area contributed by atoms with Crippen LogP contribution in [0.4, 0.5) is 17.3 Å². The first-order chi connectivity index (χ1) is 9.51. The summed E-state index contributed by atoms with van der Waals surface area (Å²) in [6, 6.07) is 2.45. The fourth-order valence-corrected chi connectivity index (χ4v) is 1.64. The number of amides is 1. The number of pyridine rings is 1. The normalized spacial score (nSPS) is 9.95. The van der Waals surface area contributed by atoms with Crippen LogP contribution in [-0.4, -0.2) is 40.3 Å². The van der Waals surface area contributed by atoms with Gasteiger partial charge in [-0.3, -0.25) is 14.9 Å². The minimum atomic E-state index is -0.556. The number of nitrogens with one attached hydrogen (secondary N) is 2. The van der Waals surface area contributed by atoms with Crippen molar-refractivity contribution in [2.45, 2.75) is 13.8 Å². The van der Waals surface area contributed by atoms with Gasteiger partial charge in [0, 0.05) is 13.1 Å². The van der Waals surface area contributed by atoms with Crippen LogP contribution in [0.1, 0.15) is 13.8 Å². The largest absolute Gasteiger partial charge is 0.361 e. The number of hydrogen-bond acceptors (Lipinski definition) is 7. The molecule has 0 spiro atoms. The lowest BCUT2D eigenvalue weighted by atomic mass is 10.3. The molecule has 1 rings (SSSR count). The molecular weight excluding hydrogens is 264 g/mol. The highest BCUT2D eigenvalue weighted by atomic mass is 16.6. The van der Waals surface area contributed by atoms with Crippen LogP contribution in [0.3, 0.4) is 0 Å². The van der Waals surface area contributed by atoms with Gasteiger partial charge in [-0.05, 0) is 13.8 Å². The summed E-state index contributed by atoms with van der Waals surface area (Å²) in [4.78, 5) is 27.7. The third kappa shape index (κ3) is 4.05. The van der Waals surface area contributed by atoms with E-state index in [0.29, 0.717) is 13.1 Å². The van der Waals surface area contributed by atoms with E-state index in [2.05, 4.69) is 15.7 Å². The number of nitrogens with two attached hydrogens (primary N) is 1. The molecule has 0 saturated carbocycles. The topological polar surface area (TPSA) is 126 Å². The zero-order valence-electron chi connectivity index (χ0n) is 11.4. The predicted octanol–water partition coefficient (Wildman–Crippen LogP) is 0.556. The summed E-state index contributed by atoms with van der Waals surface area (Å²) >= 11 is 0. The molecule has 1 aromatic rings. The van der Waals surface area contributed by atoms with Crippen molar-refractivity contribution in [1.29, 1.82) is 0 Å². The Bertz CT molecular complexity index is 489. The third-order valence-electron chi connectivity index (χ3n) is 2.71. The molecule has 0 unspecified atom stereocenters. The van der Waals surface area contributed by atoms with E-state index in [4.69, 9.17) is 5.84 Å². The summed E-state index contributed by atoms with van der Waals surface area (Å²) in [7, 11) is 0. The Morgan fingerprint density at radius 1 is 1.40 bits per heavy atom. The van der Waals surface area contributed by atoms with Crippen molar-refractivity contribution in [3.63, 3.8) is 0 Å². The number of aromatic nitrogens is 1. The molecule has 0 bridgehead atoms. The Labute approximate surface area is 116 Å². The van der Waals surface area contributed by atoms with E-state index in [0.717, 1.165) is 0 Å². The van der Waals surface area contributed by atoms with Crippen molar-refractivity contribution in [1.82, 2.24) is 9.88 Å². The number of nitrogens with zero attached hydrogens (tertiary/aromatic N) is 3. The van der Waals surface area contributed by atoms with E-state index in [1.165, 1.54) is 12.1 Å². The number of nitrogen functional groups attached to an aromatic ring is 1. The summed E-state index contributed by atoms with van der Waals surface area (Å²) in [6.07, 6.45) is 0. The molecule has 0 aliphatic heterocycles. The average Bonchev–Trinajstić information content (AvgIpc) is 2.45. The Morgan fingerprint density at radius 2 is 2.00 bits per heavy atom. The maximum atomic E-state index is 11.8. The van der Waals surface area contributed by atoms with E-state index in [-0.39, 0.29) is 29.8 Å². The van der Waals surface area contributed by atoms with Crippen molar-refractivity contribution < 1.29 is 9.72 Å². The predicted molar refractivity (Wildman–Crippen MR) is 75.1 cm³/mol. The minimum Gasteiger partial charge on any atom is -0.361 e. The zero-order chi connectivity index (χ0) is 15.1. The number of likely N-dealkylation sites (N-methyl/N-ethyl adjacent to an activating group) is 1. The summed E-state index contributed by atoms with van der Waals surface area (Å²) < 4.78 is 0. The highest BCUT2D eigenvalue weighted by Crippen LogP contribution is 2.19. The van der Waals surface area contributed by atoms with Crippen LogP contribution in [0.15, 0.2) is 12.1 Å². The van der Waals surface area contributed by atoms with Crippen LogP contribution in [-0.2, 0) is 4.79 Å². The van der Waals surface area contributed by atoms with Gasteiger partial charge >= 0.3 is 0 Å². The summed E-state index contributed by atoms with van der Waals surface area (Å²) in [5.41, 5.74) is 2.08. The second kappa shape index (κ2) is 7.24. The van der Waals surface area contributed by atoms with Crippen LogP contribution in [0.5, 0.6) is 0 Å². The Kier molecular flexibility index (Phi) is 5.66. The van der Waals surface area contributed by atoms with Gasteiger partial charge in [-0.15, -0.1) is 0 Å².